The zero-order chi connectivity index (χ0) is 19.5. The number of rotatable bonds is 5. The van der Waals surface area contributed by atoms with E-state index in [0.717, 1.165) is 12.1 Å². The Kier molecular flexibility index (Phi) is 5.87. The number of thioether (sulfide) groups is 1. The maximum Gasteiger partial charge on any atom is 0.418 e. The molecule has 0 aliphatic rings. The van der Waals surface area contributed by atoms with Gasteiger partial charge in [0.1, 0.15) is 0 Å². The topological polar surface area (TPSA) is 75.3 Å². The highest BCUT2D eigenvalue weighted by molar-refractivity contribution is 7.98. The van der Waals surface area contributed by atoms with Crippen molar-refractivity contribution >= 4 is 39.1 Å². The van der Waals surface area contributed by atoms with Crippen LogP contribution in [0.1, 0.15) is 12.5 Å². The fraction of sp³-hybridized carbons (Fsp3) is 0.188. The van der Waals surface area contributed by atoms with Crippen molar-refractivity contribution in [2.75, 3.05) is 16.3 Å². The Bertz CT molecular complexity index is 929. The van der Waals surface area contributed by atoms with E-state index in [9.17, 15) is 26.4 Å². The molecule has 10 heteroatoms. The zero-order valence-electron chi connectivity index (χ0n) is 13.7. The molecule has 1 amide bonds. The molecule has 140 valence electrons. The summed E-state index contributed by atoms with van der Waals surface area (Å²) in [6, 6.07) is 8.22. The van der Waals surface area contributed by atoms with Crippen molar-refractivity contribution in [3.63, 3.8) is 0 Å². The van der Waals surface area contributed by atoms with Gasteiger partial charge in [-0.1, -0.05) is 12.1 Å². The van der Waals surface area contributed by atoms with Crippen LogP contribution >= 0.6 is 11.8 Å². The highest BCUT2D eigenvalue weighted by atomic mass is 32.2. The fourth-order valence-corrected chi connectivity index (χ4v) is 3.80. The van der Waals surface area contributed by atoms with E-state index in [1.165, 1.54) is 49.0 Å². The van der Waals surface area contributed by atoms with Crippen LogP contribution in [0.15, 0.2) is 52.3 Å². The molecule has 0 saturated carbocycles. The fourth-order valence-electron chi connectivity index (χ4n) is 2.16. The highest BCUT2D eigenvalue weighted by Crippen LogP contribution is 2.36. The van der Waals surface area contributed by atoms with Crippen molar-refractivity contribution in [1.29, 1.82) is 0 Å². The van der Waals surface area contributed by atoms with E-state index >= 15 is 0 Å². The third-order valence-corrected chi connectivity index (χ3v) is 5.43. The predicted octanol–water partition coefficient (Wildman–Crippen LogP) is 4.19. The second-order valence-electron chi connectivity index (χ2n) is 5.19. The number of alkyl halides is 3. The van der Waals surface area contributed by atoms with E-state index in [0.29, 0.717) is 4.90 Å². The summed E-state index contributed by atoms with van der Waals surface area (Å²) in [7, 11) is -4.29. The Morgan fingerprint density at radius 2 is 1.73 bits per heavy atom. The van der Waals surface area contributed by atoms with Gasteiger partial charge in [0.15, 0.2) is 0 Å². The molecule has 0 unspecified atom stereocenters. The number of nitrogens with one attached hydrogen (secondary N) is 2. The second kappa shape index (κ2) is 7.58. The molecule has 26 heavy (non-hydrogen) atoms. The summed E-state index contributed by atoms with van der Waals surface area (Å²) in [6.07, 6.45) is -2.96. The lowest BCUT2D eigenvalue weighted by Gasteiger charge is -2.16. The smallest absolute Gasteiger partial charge is 0.325 e. The van der Waals surface area contributed by atoms with Crippen molar-refractivity contribution in [3.05, 3.63) is 48.0 Å². The molecular formula is C16H15F3N2O3S2. The molecule has 0 heterocycles. The molecule has 5 nitrogen and oxygen atoms in total. The maximum absolute atomic E-state index is 13.0. The Morgan fingerprint density at radius 1 is 1.08 bits per heavy atom. The first-order chi connectivity index (χ1) is 12.0. The Balaban J connectivity index is 2.45. The number of hydrogen-bond donors (Lipinski definition) is 2. The normalized spacial score (nSPS) is 11.9. The van der Waals surface area contributed by atoms with Gasteiger partial charge in [0.25, 0.3) is 10.0 Å². The van der Waals surface area contributed by atoms with Crippen LogP contribution in [0.25, 0.3) is 0 Å². The average Bonchev–Trinajstić information content (AvgIpc) is 2.53. The maximum atomic E-state index is 13.0. The van der Waals surface area contributed by atoms with Crippen LogP contribution in [0, 0.1) is 0 Å². The molecule has 0 aliphatic heterocycles. The minimum Gasteiger partial charge on any atom is -0.325 e. The van der Waals surface area contributed by atoms with E-state index in [4.69, 9.17) is 0 Å². The number of carbonyl (C=O) groups is 1. The summed E-state index contributed by atoms with van der Waals surface area (Å²) in [6.45, 7) is 1.27. The van der Waals surface area contributed by atoms with Gasteiger partial charge in [-0.15, -0.1) is 11.8 Å². The lowest BCUT2D eigenvalue weighted by molar-refractivity contribution is -0.136. The standard InChI is InChI=1S/C16H15F3N2O3S2/c1-10(22)20-14-9-11(7-8-15(14)25-2)26(23,24)21-13-6-4-3-5-12(13)16(17,18)19/h3-9,21H,1-2H3,(H,20,22). The summed E-state index contributed by atoms with van der Waals surface area (Å²) in [5.74, 6) is -0.398. The van der Waals surface area contributed by atoms with Crippen molar-refractivity contribution < 1.29 is 26.4 Å². The Morgan fingerprint density at radius 3 is 2.31 bits per heavy atom. The molecule has 0 aromatic heterocycles. The SMILES string of the molecule is CSc1ccc(S(=O)(=O)Nc2ccccc2C(F)(F)F)cc1NC(C)=O. The summed E-state index contributed by atoms with van der Waals surface area (Å²) >= 11 is 1.29. The van der Waals surface area contributed by atoms with Gasteiger partial charge < -0.3 is 5.32 Å². The van der Waals surface area contributed by atoms with Crippen molar-refractivity contribution in [1.82, 2.24) is 0 Å². The van der Waals surface area contributed by atoms with Crippen LogP contribution < -0.4 is 10.0 Å². The lowest BCUT2D eigenvalue weighted by atomic mass is 10.2. The molecular weight excluding hydrogens is 389 g/mol. The molecule has 0 atom stereocenters. The number of anilines is 2. The quantitative estimate of drug-likeness (QED) is 0.733. The monoisotopic (exact) mass is 404 g/mol. The summed E-state index contributed by atoms with van der Waals surface area (Å²) < 4.78 is 66.1. The number of para-hydroxylation sites is 1. The zero-order valence-corrected chi connectivity index (χ0v) is 15.3. The van der Waals surface area contributed by atoms with Crippen LogP contribution in [0.2, 0.25) is 0 Å². The van der Waals surface area contributed by atoms with Gasteiger partial charge in [0, 0.05) is 11.8 Å². The third kappa shape index (κ3) is 4.70. The van der Waals surface area contributed by atoms with Crippen LogP contribution in [-0.2, 0) is 21.0 Å². The number of sulfonamides is 1. The van der Waals surface area contributed by atoms with E-state index in [-0.39, 0.29) is 10.6 Å². The van der Waals surface area contributed by atoms with E-state index in [2.05, 4.69) is 5.32 Å². The third-order valence-electron chi connectivity index (χ3n) is 3.27. The van der Waals surface area contributed by atoms with Gasteiger partial charge in [0.2, 0.25) is 5.91 Å². The molecule has 2 aromatic carbocycles. The molecule has 0 aliphatic carbocycles. The van der Waals surface area contributed by atoms with Crippen molar-refractivity contribution in [2.45, 2.75) is 22.9 Å². The van der Waals surface area contributed by atoms with Gasteiger partial charge in [-0.05, 0) is 36.6 Å². The number of benzene rings is 2. The molecule has 0 saturated heterocycles. The summed E-state index contributed by atoms with van der Waals surface area (Å²) in [4.78, 5) is 11.6. The Labute approximate surface area is 153 Å². The molecule has 0 radical (unpaired) electrons. The molecule has 2 N–H and O–H groups in total. The van der Waals surface area contributed by atoms with Crippen LogP contribution in [-0.4, -0.2) is 20.6 Å². The van der Waals surface area contributed by atoms with E-state index in [1.807, 2.05) is 4.72 Å². The van der Waals surface area contributed by atoms with Gasteiger partial charge in [-0.25, -0.2) is 8.42 Å². The molecule has 2 aromatic rings. The molecule has 2 rings (SSSR count). The first kappa shape index (κ1) is 20.1. The van der Waals surface area contributed by atoms with Crippen LogP contribution in [0.5, 0.6) is 0 Å². The summed E-state index contributed by atoms with van der Waals surface area (Å²) in [5, 5.41) is 2.50. The molecule has 0 bridgehead atoms. The Hall–Kier alpha value is -2.20. The predicted molar refractivity (Wildman–Crippen MR) is 94.8 cm³/mol. The average molecular weight is 404 g/mol. The lowest BCUT2D eigenvalue weighted by Crippen LogP contribution is -2.17. The second-order valence-corrected chi connectivity index (χ2v) is 7.72. The number of halogens is 3. The van der Waals surface area contributed by atoms with Crippen LogP contribution in [0.4, 0.5) is 24.5 Å². The molecule has 0 spiro atoms. The van der Waals surface area contributed by atoms with Crippen LogP contribution in [0.3, 0.4) is 0 Å². The van der Waals surface area contributed by atoms with Gasteiger partial charge >= 0.3 is 6.18 Å². The van der Waals surface area contributed by atoms with E-state index in [1.54, 1.807) is 6.26 Å². The number of hydrogen-bond acceptors (Lipinski definition) is 4. The van der Waals surface area contributed by atoms with Gasteiger partial charge in [-0.2, -0.15) is 13.2 Å². The van der Waals surface area contributed by atoms with Crippen molar-refractivity contribution in [2.24, 2.45) is 0 Å². The highest BCUT2D eigenvalue weighted by Gasteiger charge is 2.34. The summed E-state index contributed by atoms with van der Waals surface area (Å²) in [5.41, 5.74) is -1.40. The number of carbonyl (C=O) groups excluding carboxylic acids is 1. The van der Waals surface area contributed by atoms with Gasteiger partial charge in [0.05, 0.1) is 21.8 Å². The number of amides is 1. The minimum atomic E-state index is -4.71. The first-order valence-corrected chi connectivity index (χ1v) is 9.90. The van der Waals surface area contributed by atoms with Crippen molar-refractivity contribution in [3.8, 4) is 0 Å². The first-order valence-electron chi connectivity index (χ1n) is 7.19. The minimum absolute atomic E-state index is 0.261. The largest absolute Gasteiger partial charge is 0.418 e. The van der Waals surface area contributed by atoms with Gasteiger partial charge in [-0.3, -0.25) is 9.52 Å². The molecule has 0 fully saturated rings. The van der Waals surface area contributed by atoms with E-state index < -0.39 is 33.4 Å².